The molecule has 0 fully saturated rings. The SMILES string of the molecule is C.C.C1=CCCCCCC1.CO[Si](CCCNC(=O)/C=C/C(=O)NCCC[Si](OC)(OC)OC)(OC)OC.CO[Si](CCCNC(=O)C=CCCCCCCC=CC(=O)NCCC[Si](OC)(OC)OC)(OC)OC. The number of carbonyl (C=O) groups excluding carboxylic acids is 4. The van der Waals surface area contributed by atoms with E-state index in [0.29, 0.717) is 63.2 Å². The van der Waals surface area contributed by atoms with Gasteiger partial charge in [-0.15, -0.1) is 0 Å². The lowest BCUT2D eigenvalue weighted by atomic mass is 10.1. The fraction of sp³-hybridized carbons (Fsp3) is 0.760. The van der Waals surface area contributed by atoms with E-state index in [1.54, 1.807) is 97.5 Å². The van der Waals surface area contributed by atoms with E-state index in [0.717, 1.165) is 51.4 Å². The maximum atomic E-state index is 11.9. The van der Waals surface area contributed by atoms with Gasteiger partial charge in [0.15, 0.2) is 0 Å². The highest BCUT2D eigenvalue weighted by Crippen LogP contribution is 2.17. The summed E-state index contributed by atoms with van der Waals surface area (Å²) in [5, 5.41) is 11.1. The maximum Gasteiger partial charge on any atom is 0.500 e. The van der Waals surface area contributed by atoms with Crippen molar-refractivity contribution >= 4 is 58.8 Å². The minimum absolute atomic E-state index is 0. The molecule has 74 heavy (non-hydrogen) atoms. The van der Waals surface area contributed by atoms with E-state index in [9.17, 15) is 19.2 Å². The van der Waals surface area contributed by atoms with Crippen molar-refractivity contribution in [3.63, 3.8) is 0 Å². The molecule has 0 spiro atoms. The van der Waals surface area contributed by atoms with Gasteiger partial charge in [-0.3, -0.25) is 19.2 Å². The van der Waals surface area contributed by atoms with E-state index in [1.807, 2.05) is 12.2 Å². The molecule has 1 aliphatic carbocycles. The molecule has 436 valence electrons. The predicted octanol–water partition coefficient (Wildman–Crippen LogP) is 7.69. The van der Waals surface area contributed by atoms with Crippen LogP contribution in [0.3, 0.4) is 0 Å². The number of amides is 4. The second-order valence-electron chi connectivity index (χ2n) is 16.4. The summed E-state index contributed by atoms with van der Waals surface area (Å²) < 4.78 is 64.0. The topological polar surface area (TPSA) is 227 Å². The second kappa shape index (κ2) is 51.0. The summed E-state index contributed by atoms with van der Waals surface area (Å²) in [7, 11) is 8.37. The summed E-state index contributed by atoms with van der Waals surface area (Å²) in [5.74, 6) is -0.871. The third-order valence-electron chi connectivity index (χ3n) is 11.6. The van der Waals surface area contributed by atoms with Crippen LogP contribution in [0.25, 0.3) is 0 Å². The minimum atomic E-state index is -2.62. The van der Waals surface area contributed by atoms with Crippen molar-refractivity contribution in [2.75, 3.05) is 111 Å². The molecule has 4 N–H and O–H groups in total. The van der Waals surface area contributed by atoms with Gasteiger partial charge in [-0.05, 0) is 89.2 Å². The van der Waals surface area contributed by atoms with Crippen molar-refractivity contribution in [2.24, 2.45) is 0 Å². The number of hydrogen-bond donors (Lipinski definition) is 4. The van der Waals surface area contributed by atoms with Crippen molar-refractivity contribution in [1.29, 1.82) is 0 Å². The van der Waals surface area contributed by atoms with Crippen LogP contribution in [0, 0.1) is 0 Å². The molecule has 1 aliphatic rings. The van der Waals surface area contributed by atoms with Gasteiger partial charge in [-0.2, -0.15) is 0 Å². The van der Waals surface area contributed by atoms with Gasteiger partial charge in [0.05, 0.1) is 0 Å². The monoisotopic (exact) mass is 1130 g/mol. The summed E-state index contributed by atoms with van der Waals surface area (Å²) >= 11 is 0. The summed E-state index contributed by atoms with van der Waals surface area (Å²) in [6, 6.07) is 2.47. The molecule has 0 aromatic carbocycles. The summed E-state index contributed by atoms with van der Waals surface area (Å²) in [5.41, 5.74) is 0. The Balaban J connectivity index is -0.000000570. The second-order valence-corrected chi connectivity index (χ2v) is 28.7. The van der Waals surface area contributed by atoms with Crippen LogP contribution in [0.1, 0.15) is 118 Å². The standard InChI is InChI=1S/C24H48N2O8Si2.C16H34N2O8Si2.C8H14.2CH4/c1-29-35(30-2,31-3)21-15-19-25-23(27)17-13-11-9-7-8-10-12-14-18-24(28)26-20-16-22-36(32-4,33-5)34-6;1-21-27(22-2,23-3)13-7-11-17-15(19)9-10-16(20)18-12-8-14-28(24-4,25-5)26-6;1-2-4-6-8-7-5-3-1;;/h13-14,17-18H,7-12,15-16,19-22H2,1-6H3,(H,25,27)(H,26,28);9-10H,7-8,11-14H2,1-6H3,(H,17,19)(H,18,20);1-2H,3-8H2;2*1H4/b;10-9+;;;. The van der Waals surface area contributed by atoms with Crippen LogP contribution < -0.4 is 21.3 Å². The van der Waals surface area contributed by atoms with Crippen LogP contribution >= 0.6 is 0 Å². The molecule has 0 atom stereocenters. The molecule has 0 radical (unpaired) electrons. The fourth-order valence-electron chi connectivity index (χ4n) is 7.05. The Kier molecular flexibility index (Phi) is 53.6. The van der Waals surface area contributed by atoms with Crippen molar-refractivity contribution < 1.29 is 72.3 Å². The molecule has 24 heteroatoms. The maximum absolute atomic E-state index is 11.9. The number of unbranched alkanes of at least 4 members (excludes halogenated alkanes) is 5. The van der Waals surface area contributed by atoms with Gasteiger partial charge < -0.3 is 74.4 Å². The molecule has 0 unspecified atom stereocenters. The number of rotatable bonds is 39. The number of hydrogen-bond acceptors (Lipinski definition) is 16. The molecular weight excluding hydrogens is 1020 g/mol. The van der Waals surface area contributed by atoms with Gasteiger partial charge in [0.25, 0.3) is 0 Å². The molecule has 0 saturated heterocycles. The average Bonchev–Trinajstić information content (AvgIpc) is 3.40. The third-order valence-corrected chi connectivity index (χ3v) is 23.0. The first-order valence-electron chi connectivity index (χ1n) is 25.1. The number of nitrogens with one attached hydrogen (secondary N) is 4. The van der Waals surface area contributed by atoms with Crippen LogP contribution in [0.2, 0.25) is 24.2 Å². The number of carbonyl (C=O) groups is 4. The summed E-state index contributed by atoms with van der Waals surface area (Å²) in [4.78, 5) is 47.3. The Labute approximate surface area is 452 Å². The van der Waals surface area contributed by atoms with E-state index in [4.69, 9.17) is 53.1 Å². The first kappa shape index (κ1) is 77.7. The Morgan fingerprint density at radius 1 is 0.351 bits per heavy atom. The van der Waals surface area contributed by atoms with Crippen LogP contribution in [-0.2, 0) is 72.3 Å². The zero-order valence-electron chi connectivity index (χ0n) is 46.1. The fourth-order valence-corrected chi connectivity index (χ4v) is 13.9. The Bertz CT molecular complexity index is 1360. The molecule has 0 heterocycles. The molecule has 1 rings (SSSR count). The first-order chi connectivity index (χ1) is 34.7. The number of allylic oxidation sites excluding steroid dienone is 4. The summed E-state index contributed by atoms with van der Waals surface area (Å²) in [6.45, 7) is 1.95. The molecule has 0 aromatic heterocycles. The van der Waals surface area contributed by atoms with Gasteiger partial charge >= 0.3 is 35.2 Å². The molecule has 4 amide bonds. The van der Waals surface area contributed by atoms with E-state index in [1.165, 1.54) is 50.7 Å². The van der Waals surface area contributed by atoms with Crippen molar-refractivity contribution in [3.8, 4) is 0 Å². The Morgan fingerprint density at radius 2 is 0.581 bits per heavy atom. The normalized spacial score (nSPS) is 13.1. The highest BCUT2D eigenvalue weighted by Gasteiger charge is 2.39. The van der Waals surface area contributed by atoms with E-state index in [-0.39, 0.29) is 38.5 Å². The van der Waals surface area contributed by atoms with Gasteiger partial charge in [0, 0.05) is 148 Å². The van der Waals surface area contributed by atoms with Gasteiger partial charge in [-0.25, -0.2) is 0 Å². The zero-order chi connectivity index (χ0) is 54.3. The van der Waals surface area contributed by atoms with Crippen molar-refractivity contribution in [2.45, 2.75) is 142 Å². The van der Waals surface area contributed by atoms with E-state index >= 15 is 0 Å². The highest BCUT2D eigenvalue weighted by molar-refractivity contribution is 6.61. The quantitative estimate of drug-likeness (QED) is 0.0200. The average molecular weight is 1130 g/mol. The highest BCUT2D eigenvalue weighted by atomic mass is 28.4. The molecule has 0 saturated carbocycles. The molecule has 0 aliphatic heterocycles. The minimum Gasteiger partial charge on any atom is -0.377 e. The predicted molar refractivity (Wildman–Crippen MR) is 302 cm³/mol. The zero-order valence-corrected chi connectivity index (χ0v) is 50.1. The molecular formula is C50H104N4O16Si4. The molecule has 0 aromatic rings. The third kappa shape index (κ3) is 38.7. The van der Waals surface area contributed by atoms with Crippen LogP contribution in [0.15, 0.2) is 48.6 Å². The van der Waals surface area contributed by atoms with Gasteiger partial charge in [0.1, 0.15) is 0 Å². The van der Waals surface area contributed by atoms with E-state index < -0.39 is 35.2 Å². The smallest absolute Gasteiger partial charge is 0.377 e. The van der Waals surface area contributed by atoms with Crippen molar-refractivity contribution in [1.82, 2.24) is 21.3 Å². The Morgan fingerprint density at radius 3 is 0.811 bits per heavy atom. The summed E-state index contributed by atoms with van der Waals surface area (Å²) in [6.07, 6.45) is 31.1. The molecule has 20 nitrogen and oxygen atoms in total. The van der Waals surface area contributed by atoms with Crippen LogP contribution in [0.5, 0.6) is 0 Å². The van der Waals surface area contributed by atoms with Gasteiger partial charge in [0.2, 0.25) is 23.6 Å². The largest absolute Gasteiger partial charge is 0.500 e. The van der Waals surface area contributed by atoms with Crippen LogP contribution in [0.4, 0.5) is 0 Å². The Hall–Kier alpha value is -2.77. The molecule has 0 bridgehead atoms. The lowest BCUT2D eigenvalue weighted by molar-refractivity contribution is -0.118. The van der Waals surface area contributed by atoms with E-state index in [2.05, 4.69) is 33.4 Å². The lowest BCUT2D eigenvalue weighted by Crippen LogP contribution is -2.43. The van der Waals surface area contributed by atoms with Crippen molar-refractivity contribution in [3.05, 3.63) is 48.6 Å². The van der Waals surface area contributed by atoms with Crippen LogP contribution in [-0.4, -0.2) is 170 Å². The lowest BCUT2D eigenvalue weighted by Gasteiger charge is -2.24. The first-order valence-corrected chi connectivity index (χ1v) is 32.8. The van der Waals surface area contributed by atoms with Gasteiger partial charge in [-0.1, -0.05) is 64.8 Å².